The summed E-state index contributed by atoms with van der Waals surface area (Å²) >= 11 is 0. The molecule has 0 saturated carbocycles. The van der Waals surface area contributed by atoms with Gasteiger partial charge < -0.3 is 0 Å². The number of benzene rings is 1. The number of hydrogen-bond acceptors (Lipinski definition) is 4. The number of aromatic nitrogens is 2. The van der Waals surface area contributed by atoms with E-state index in [1.807, 2.05) is 0 Å². The van der Waals surface area contributed by atoms with E-state index in [1.165, 1.54) is 41.7 Å². The molecule has 0 radical (unpaired) electrons. The van der Waals surface area contributed by atoms with Gasteiger partial charge in [-0.1, -0.05) is 48.4 Å². The van der Waals surface area contributed by atoms with Crippen LogP contribution in [0.3, 0.4) is 0 Å². The zero-order valence-electron chi connectivity index (χ0n) is 16.6. The Morgan fingerprint density at radius 3 is 2.85 bits per heavy atom. The molecule has 2 aliphatic rings. The molecule has 0 spiro atoms. The molecule has 4 rings (SSSR count). The van der Waals surface area contributed by atoms with Gasteiger partial charge in [0.1, 0.15) is 5.82 Å². The molecular formula is C23H30N4. The molecule has 0 N–H and O–H groups in total. The number of fused-ring (bicyclic) bond motifs is 1. The van der Waals surface area contributed by atoms with E-state index in [0.29, 0.717) is 6.04 Å². The van der Waals surface area contributed by atoms with E-state index in [4.69, 9.17) is 9.97 Å². The van der Waals surface area contributed by atoms with Crippen molar-refractivity contribution in [3.8, 4) is 0 Å². The maximum atomic E-state index is 4.97. The summed E-state index contributed by atoms with van der Waals surface area (Å²) in [6.45, 7) is 6.41. The van der Waals surface area contributed by atoms with Crippen LogP contribution in [0.4, 0.5) is 0 Å². The van der Waals surface area contributed by atoms with Crippen molar-refractivity contribution in [1.82, 2.24) is 19.8 Å². The minimum absolute atomic E-state index is 0.401. The molecule has 4 heteroatoms. The Hall–Kier alpha value is -2.04. The normalized spacial score (nSPS) is 21.9. The van der Waals surface area contributed by atoms with Gasteiger partial charge in [-0.2, -0.15) is 0 Å². The van der Waals surface area contributed by atoms with Gasteiger partial charge in [-0.05, 0) is 38.9 Å². The lowest BCUT2D eigenvalue weighted by Crippen LogP contribution is -2.34. The van der Waals surface area contributed by atoms with Crippen molar-refractivity contribution < 1.29 is 0 Å². The fourth-order valence-electron chi connectivity index (χ4n) is 4.32. The Labute approximate surface area is 162 Å². The molecule has 1 fully saturated rings. The minimum Gasteiger partial charge on any atom is -0.296 e. The summed E-state index contributed by atoms with van der Waals surface area (Å²) in [5.74, 6) is 1.03. The maximum Gasteiger partial charge on any atom is 0.145 e. The van der Waals surface area contributed by atoms with Crippen LogP contribution in [0, 0.1) is 0 Å². The van der Waals surface area contributed by atoms with E-state index in [1.54, 1.807) is 0 Å². The number of likely N-dealkylation sites (tertiary alicyclic amines) is 1. The molecule has 27 heavy (non-hydrogen) atoms. The zero-order valence-corrected chi connectivity index (χ0v) is 16.6. The van der Waals surface area contributed by atoms with Gasteiger partial charge in [0.25, 0.3) is 0 Å². The van der Waals surface area contributed by atoms with Crippen molar-refractivity contribution >= 4 is 6.08 Å². The van der Waals surface area contributed by atoms with E-state index in [9.17, 15) is 0 Å². The molecule has 3 heterocycles. The summed E-state index contributed by atoms with van der Waals surface area (Å²) in [5, 5.41) is 0. The van der Waals surface area contributed by atoms with Crippen molar-refractivity contribution in [3.63, 3.8) is 0 Å². The summed E-state index contributed by atoms with van der Waals surface area (Å²) in [5.41, 5.74) is 5.24. The molecule has 2 aromatic rings. The van der Waals surface area contributed by atoms with E-state index in [2.05, 4.69) is 66.4 Å². The van der Waals surface area contributed by atoms with E-state index >= 15 is 0 Å². The number of hydrogen-bond donors (Lipinski definition) is 0. The molecule has 0 amide bonds. The van der Waals surface area contributed by atoms with Crippen LogP contribution < -0.4 is 0 Å². The molecule has 0 unspecified atom stereocenters. The van der Waals surface area contributed by atoms with Crippen LogP contribution in [-0.4, -0.2) is 46.4 Å². The highest BCUT2D eigenvalue weighted by Gasteiger charge is 2.25. The third-order valence-corrected chi connectivity index (χ3v) is 5.79. The molecule has 0 aliphatic carbocycles. The SMILES string of the molecule is C/C(=C\c1ccccc1)CN1CCc2nc([C@@H]3CCCCN3C)ncc2C1. The lowest BCUT2D eigenvalue weighted by Gasteiger charge is -2.33. The van der Waals surface area contributed by atoms with Crippen LogP contribution in [0.25, 0.3) is 6.08 Å². The van der Waals surface area contributed by atoms with Gasteiger partial charge >= 0.3 is 0 Å². The molecule has 1 saturated heterocycles. The number of piperidine rings is 1. The number of nitrogens with zero attached hydrogens (tertiary/aromatic N) is 4. The Morgan fingerprint density at radius 1 is 1.19 bits per heavy atom. The fourth-order valence-corrected chi connectivity index (χ4v) is 4.32. The highest BCUT2D eigenvalue weighted by molar-refractivity contribution is 5.52. The molecule has 1 aromatic heterocycles. The second-order valence-corrected chi connectivity index (χ2v) is 8.05. The first-order chi connectivity index (χ1) is 13.2. The van der Waals surface area contributed by atoms with Crippen molar-refractivity contribution in [2.24, 2.45) is 0 Å². The molecular weight excluding hydrogens is 332 g/mol. The largest absolute Gasteiger partial charge is 0.296 e. The monoisotopic (exact) mass is 362 g/mol. The highest BCUT2D eigenvalue weighted by Crippen LogP contribution is 2.28. The standard InChI is InChI=1S/C23H30N4/c1-18(14-19-8-4-3-5-9-19)16-27-13-11-21-20(17-27)15-24-23(25-21)22-10-6-7-12-26(22)2/h3-5,8-9,14-15,22H,6-7,10-13,16-17H2,1-2H3/b18-14+/t22-/m0/s1. The summed E-state index contributed by atoms with van der Waals surface area (Å²) < 4.78 is 0. The zero-order chi connectivity index (χ0) is 18.6. The molecule has 1 atom stereocenters. The Morgan fingerprint density at radius 2 is 2.04 bits per heavy atom. The van der Waals surface area contributed by atoms with Gasteiger partial charge in [0.15, 0.2) is 0 Å². The van der Waals surface area contributed by atoms with Crippen LogP contribution >= 0.6 is 0 Å². The summed E-state index contributed by atoms with van der Waals surface area (Å²) in [6, 6.07) is 11.0. The van der Waals surface area contributed by atoms with Crippen molar-refractivity contribution in [1.29, 1.82) is 0 Å². The maximum absolute atomic E-state index is 4.97. The second kappa shape index (κ2) is 8.32. The predicted molar refractivity (Wildman–Crippen MR) is 110 cm³/mol. The lowest BCUT2D eigenvalue weighted by molar-refractivity contribution is 0.178. The molecule has 1 aromatic carbocycles. The Kier molecular flexibility index (Phi) is 5.65. The van der Waals surface area contributed by atoms with Crippen LogP contribution in [0.15, 0.2) is 42.1 Å². The average molecular weight is 363 g/mol. The molecule has 4 nitrogen and oxygen atoms in total. The summed E-state index contributed by atoms with van der Waals surface area (Å²) in [4.78, 5) is 14.6. The minimum atomic E-state index is 0.401. The molecule has 0 bridgehead atoms. The van der Waals surface area contributed by atoms with Gasteiger partial charge in [0.2, 0.25) is 0 Å². The lowest BCUT2D eigenvalue weighted by atomic mass is 10.0. The van der Waals surface area contributed by atoms with E-state index < -0.39 is 0 Å². The van der Waals surface area contributed by atoms with Gasteiger partial charge in [0, 0.05) is 43.5 Å². The third kappa shape index (κ3) is 4.45. The van der Waals surface area contributed by atoms with E-state index in [0.717, 1.165) is 38.4 Å². The second-order valence-electron chi connectivity index (χ2n) is 8.05. The van der Waals surface area contributed by atoms with Gasteiger partial charge in [-0.15, -0.1) is 0 Å². The Balaban J connectivity index is 1.42. The van der Waals surface area contributed by atoms with Crippen molar-refractivity contribution in [2.75, 3.05) is 26.7 Å². The highest BCUT2D eigenvalue weighted by atomic mass is 15.2. The van der Waals surface area contributed by atoms with Crippen LogP contribution in [0.2, 0.25) is 0 Å². The van der Waals surface area contributed by atoms with Crippen molar-refractivity contribution in [3.05, 3.63) is 64.7 Å². The first kappa shape index (κ1) is 18.3. The fraction of sp³-hybridized carbons (Fsp3) is 0.478. The van der Waals surface area contributed by atoms with Gasteiger partial charge in [0.05, 0.1) is 6.04 Å². The first-order valence-corrected chi connectivity index (χ1v) is 10.2. The summed E-state index contributed by atoms with van der Waals surface area (Å²) in [7, 11) is 2.20. The quantitative estimate of drug-likeness (QED) is 0.820. The average Bonchev–Trinajstić information content (AvgIpc) is 2.69. The number of rotatable bonds is 4. The summed E-state index contributed by atoms with van der Waals surface area (Å²) in [6.07, 6.45) is 9.17. The third-order valence-electron chi connectivity index (χ3n) is 5.79. The topological polar surface area (TPSA) is 32.3 Å². The molecule has 142 valence electrons. The van der Waals surface area contributed by atoms with Crippen molar-refractivity contribution in [2.45, 2.75) is 45.2 Å². The van der Waals surface area contributed by atoms with E-state index in [-0.39, 0.29) is 0 Å². The van der Waals surface area contributed by atoms with Gasteiger partial charge in [-0.25, -0.2) is 9.97 Å². The Bertz CT molecular complexity index is 799. The first-order valence-electron chi connectivity index (χ1n) is 10.2. The van der Waals surface area contributed by atoms with Crippen LogP contribution in [0.1, 0.15) is 54.9 Å². The van der Waals surface area contributed by atoms with Crippen LogP contribution in [-0.2, 0) is 13.0 Å². The predicted octanol–water partition coefficient (Wildman–Crippen LogP) is 4.10. The van der Waals surface area contributed by atoms with Gasteiger partial charge in [-0.3, -0.25) is 9.80 Å². The van der Waals surface area contributed by atoms with Crippen LogP contribution in [0.5, 0.6) is 0 Å². The molecule has 2 aliphatic heterocycles. The smallest absolute Gasteiger partial charge is 0.145 e.